The second kappa shape index (κ2) is 6.25. The first-order valence-corrected chi connectivity index (χ1v) is 5.58. The molecule has 1 rings (SSSR count). The van der Waals surface area contributed by atoms with E-state index in [9.17, 15) is 14.4 Å². The summed E-state index contributed by atoms with van der Waals surface area (Å²) in [7, 11) is 0. The Kier molecular flexibility index (Phi) is 4.95. The summed E-state index contributed by atoms with van der Waals surface area (Å²) in [5.41, 5.74) is 0. The average Bonchev–Trinajstić information content (AvgIpc) is 2.62. The zero-order chi connectivity index (χ0) is 12.0. The monoisotopic (exact) mass is 227 g/mol. The Balaban J connectivity index is 2.20. The van der Waals surface area contributed by atoms with Crippen LogP contribution >= 0.6 is 0 Å². The molecule has 90 valence electrons. The number of carbonyl (C=O) groups excluding carboxylic acids is 3. The average molecular weight is 227 g/mol. The third-order valence-electron chi connectivity index (χ3n) is 2.45. The van der Waals surface area contributed by atoms with Gasteiger partial charge in [0.2, 0.25) is 5.91 Å². The standard InChI is InChI=1S/C11H17NO4/c1-2-16-11(15)6-5-9(13)8-12-7-3-4-10(12)14/h2-8H2,1H3. The molecule has 1 amide bonds. The summed E-state index contributed by atoms with van der Waals surface area (Å²) in [5.74, 6) is -0.406. The highest BCUT2D eigenvalue weighted by Gasteiger charge is 2.22. The van der Waals surface area contributed by atoms with Crippen molar-refractivity contribution >= 4 is 17.7 Å². The Morgan fingerprint density at radius 1 is 1.38 bits per heavy atom. The summed E-state index contributed by atoms with van der Waals surface area (Å²) in [5, 5.41) is 0. The summed E-state index contributed by atoms with van der Waals surface area (Å²) in [4.78, 5) is 35.2. The smallest absolute Gasteiger partial charge is 0.306 e. The number of esters is 1. The van der Waals surface area contributed by atoms with Crippen LogP contribution in [0.4, 0.5) is 0 Å². The van der Waals surface area contributed by atoms with Crippen molar-refractivity contribution in [2.45, 2.75) is 32.6 Å². The molecule has 16 heavy (non-hydrogen) atoms. The number of amides is 1. The van der Waals surface area contributed by atoms with Crippen LogP contribution in [-0.4, -0.2) is 42.3 Å². The van der Waals surface area contributed by atoms with Gasteiger partial charge in [-0.2, -0.15) is 0 Å². The lowest BCUT2D eigenvalue weighted by molar-refractivity contribution is -0.144. The number of ketones is 1. The van der Waals surface area contributed by atoms with Gasteiger partial charge in [0.25, 0.3) is 0 Å². The van der Waals surface area contributed by atoms with Crippen molar-refractivity contribution in [2.75, 3.05) is 19.7 Å². The minimum absolute atomic E-state index is 0.0319. The minimum atomic E-state index is -0.358. The van der Waals surface area contributed by atoms with Crippen LogP contribution in [0.25, 0.3) is 0 Å². The number of likely N-dealkylation sites (tertiary alicyclic amines) is 1. The summed E-state index contributed by atoms with van der Waals surface area (Å²) >= 11 is 0. The Morgan fingerprint density at radius 2 is 2.12 bits per heavy atom. The molecule has 5 heteroatoms. The number of carbonyl (C=O) groups is 3. The van der Waals surface area contributed by atoms with E-state index in [0.29, 0.717) is 19.6 Å². The molecule has 1 aliphatic rings. The minimum Gasteiger partial charge on any atom is -0.466 e. The molecule has 1 saturated heterocycles. The topological polar surface area (TPSA) is 63.7 Å². The molecule has 0 unspecified atom stereocenters. The van der Waals surface area contributed by atoms with Crippen molar-refractivity contribution in [1.29, 1.82) is 0 Å². The number of Topliss-reactive ketones (excluding diaryl/α,β-unsaturated/α-hetero) is 1. The van der Waals surface area contributed by atoms with Crippen molar-refractivity contribution < 1.29 is 19.1 Å². The van der Waals surface area contributed by atoms with Crippen molar-refractivity contribution in [3.8, 4) is 0 Å². The van der Waals surface area contributed by atoms with Gasteiger partial charge in [0.05, 0.1) is 19.6 Å². The zero-order valence-electron chi connectivity index (χ0n) is 9.53. The molecule has 0 bridgehead atoms. The molecule has 0 radical (unpaired) electrons. The highest BCUT2D eigenvalue weighted by molar-refractivity contribution is 5.88. The molecule has 1 aliphatic heterocycles. The Bertz CT molecular complexity index is 288. The lowest BCUT2D eigenvalue weighted by Gasteiger charge is -2.13. The molecule has 0 aromatic rings. The predicted octanol–water partition coefficient (Wildman–Crippen LogP) is 0.521. The molecule has 0 aromatic heterocycles. The maximum atomic E-state index is 11.5. The van der Waals surface area contributed by atoms with Gasteiger partial charge < -0.3 is 9.64 Å². The fraction of sp³-hybridized carbons (Fsp3) is 0.727. The van der Waals surface area contributed by atoms with Gasteiger partial charge in [-0.25, -0.2) is 0 Å². The van der Waals surface area contributed by atoms with Crippen LogP contribution in [0.3, 0.4) is 0 Å². The van der Waals surface area contributed by atoms with Crippen LogP contribution in [0.2, 0.25) is 0 Å². The molecular weight excluding hydrogens is 210 g/mol. The van der Waals surface area contributed by atoms with E-state index in [1.807, 2.05) is 0 Å². The van der Waals surface area contributed by atoms with Crippen LogP contribution in [0, 0.1) is 0 Å². The first kappa shape index (κ1) is 12.7. The first-order valence-electron chi connectivity index (χ1n) is 5.58. The predicted molar refractivity (Wildman–Crippen MR) is 56.7 cm³/mol. The van der Waals surface area contributed by atoms with Crippen LogP contribution in [0.15, 0.2) is 0 Å². The van der Waals surface area contributed by atoms with Gasteiger partial charge in [-0.05, 0) is 13.3 Å². The second-order valence-electron chi connectivity index (χ2n) is 3.76. The van der Waals surface area contributed by atoms with Crippen molar-refractivity contribution in [2.24, 2.45) is 0 Å². The van der Waals surface area contributed by atoms with Gasteiger partial charge in [0, 0.05) is 19.4 Å². The molecule has 0 N–H and O–H groups in total. The molecule has 0 aromatic carbocycles. The summed E-state index contributed by atoms with van der Waals surface area (Å²) < 4.78 is 4.71. The van der Waals surface area contributed by atoms with Gasteiger partial charge in [0.15, 0.2) is 5.78 Å². The van der Waals surface area contributed by atoms with E-state index in [-0.39, 0.29) is 37.0 Å². The van der Waals surface area contributed by atoms with Crippen molar-refractivity contribution in [1.82, 2.24) is 4.90 Å². The Morgan fingerprint density at radius 3 is 2.69 bits per heavy atom. The SMILES string of the molecule is CCOC(=O)CCC(=O)CN1CCCC1=O. The molecule has 5 nitrogen and oxygen atoms in total. The maximum Gasteiger partial charge on any atom is 0.306 e. The van der Waals surface area contributed by atoms with Crippen molar-refractivity contribution in [3.63, 3.8) is 0 Å². The molecular formula is C11H17NO4. The fourth-order valence-electron chi connectivity index (χ4n) is 1.64. The van der Waals surface area contributed by atoms with E-state index in [1.54, 1.807) is 11.8 Å². The van der Waals surface area contributed by atoms with Gasteiger partial charge in [-0.1, -0.05) is 0 Å². The lowest BCUT2D eigenvalue weighted by atomic mass is 10.2. The number of hydrogen-bond donors (Lipinski definition) is 0. The van der Waals surface area contributed by atoms with E-state index in [2.05, 4.69) is 0 Å². The van der Waals surface area contributed by atoms with E-state index >= 15 is 0 Å². The number of rotatable bonds is 6. The normalized spacial score (nSPS) is 15.3. The summed E-state index contributed by atoms with van der Waals surface area (Å²) in [6, 6.07) is 0. The Labute approximate surface area is 94.7 Å². The first-order chi connectivity index (χ1) is 7.63. The fourth-order valence-corrected chi connectivity index (χ4v) is 1.64. The molecule has 0 saturated carbocycles. The van der Waals surface area contributed by atoms with Crippen molar-refractivity contribution in [3.05, 3.63) is 0 Å². The highest BCUT2D eigenvalue weighted by atomic mass is 16.5. The molecule has 1 fully saturated rings. The highest BCUT2D eigenvalue weighted by Crippen LogP contribution is 2.09. The van der Waals surface area contributed by atoms with E-state index in [0.717, 1.165) is 6.42 Å². The van der Waals surface area contributed by atoms with E-state index in [4.69, 9.17) is 4.74 Å². The van der Waals surface area contributed by atoms with E-state index in [1.165, 1.54) is 0 Å². The molecule has 0 atom stereocenters. The van der Waals surface area contributed by atoms with E-state index < -0.39 is 0 Å². The third-order valence-corrected chi connectivity index (χ3v) is 2.45. The maximum absolute atomic E-state index is 11.5. The van der Waals surface area contributed by atoms with Gasteiger partial charge >= 0.3 is 5.97 Å². The van der Waals surface area contributed by atoms with Gasteiger partial charge in [0.1, 0.15) is 0 Å². The number of hydrogen-bond acceptors (Lipinski definition) is 4. The summed E-state index contributed by atoms with van der Waals surface area (Å²) in [6.45, 7) is 2.85. The molecule has 1 heterocycles. The zero-order valence-corrected chi connectivity index (χ0v) is 9.53. The number of ether oxygens (including phenoxy) is 1. The largest absolute Gasteiger partial charge is 0.466 e. The van der Waals surface area contributed by atoms with Crippen LogP contribution < -0.4 is 0 Å². The summed E-state index contributed by atoms with van der Waals surface area (Å²) in [6.07, 6.45) is 1.62. The molecule has 0 spiro atoms. The third kappa shape index (κ3) is 4.00. The van der Waals surface area contributed by atoms with Gasteiger partial charge in [-0.3, -0.25) is 14.4 Å². The van der Waals surface area contributed by atoms with Crippen LogP contribution in [0.1, 0.15) is 32.6 Å². The van der Waals surface area contributed by atoms with Crippen LogP contribution in [0.5, 0.6) is 0 Å². The second-order valence-corrected chi connectivity index (χ2v) is 3.76. The molecule has 0 aliphatic carbocycles. The Hall–Kier alpha value is -1.39. The lowest BCUT2D eigenvalue weighted by Crippen LogP contribution is -2.30. The number of nitrogens with zero attached hydrogens (tertiary/aromatic N) is 1. The van der Waals surface area contributed by atoms with Crippen LogP contribution in [-0.2, 0) is 19.1 Å². The quantitative estimate of drug-likeness (QED) is 0.621. The van der Waals surface area contributed by atoms with Gasteiger partial charge in [-0.15, -0.1) is 0 Å².